The molecule has 0 spiro atoms. The standard InChI is InChI=1S/C51H73N15O14/c1-26(2)16-37(64-44(72)32(52)20-39(53)67)50(78)66-15-9-12-38(66)49(77)61-33(13-14-41(69)70)45(73)59-28(5)43(71)56-23-40(68)60-34(17-29-10-7-6-8-11-29)46(74)62-35(18-30-21-54-24-57-30)47(75)63-36(19-31-22-55-25-58-31)48(76)65-42(27(3)4)51(79)80/h6-8,10-11,21-22,24-28,32-38,42H,9,12-20,23,52H2,1-5H3,(H2,53,67)(H,54,57)(H,55,58)(H,56,71)(H,59,73)(H,60,68)(H,61,77)(H,62,74)(H,63,75)(H,64,72)(H,65,76)(H,69,70)(H,79,80)/t28-,32-,33-,34-,35-,36-,37-,38-,42-/m0/s1. The number of nitrogens with one attached hydrogen (secondary N) is 10. The molecule has 4 rings (SSSR count). The number of carbonyl (C=O) groups excluding carboxylic acids is 10. The largest absolute Gasteiger partial charge is 0.481 e. The molecule has 1 fully saturated rings. The zero-order valence-corrected chi connectivity index (χ0v) is 45.1. The smallest absolute Gasteiger partial charge is 0.326 e. The van der Waals surface area contributed by atoms with Crippen LogP contribution in [0.1, 0.15) is 90.1 Å². The molecule has 3 heterocycles. The molecular formula is C51H73N15O14. The Bertz CT molecular complexity index is 2630. The van der Waals surface area contributed by atoms with Gasteiger partial charge in [-0.15, -0.1) is 0 Å². The maximum atomic E-state index is 14.3. The second-order valence-electron chi connectivity index (χ2n) is 20.2. The number of rotatable bonds is 32. The molecule has 16 N–H and O–H groups in total. The first-order chi connectivity index (χ1) is 37.8. The lowest BCUT2D eigenvalue weighted by molar-refractivity contribution is -0.143. The summed E-state index contributed by atoms with van der Waals surface area (Å²) in [5.41, 5.74) is 12.4. The number of hydrogen-bond donors (Lipinski definition) is 14. The number of imidazole rings is 2. The van der Waals surface area contributed by atoms with Gasteiger partial charge in [-0.1, -0.05) is 58.0 Å². The van der Waals surface area contributed by atoms with Crippen LogP contribution in [0.4, 0.5) is 0 Å². The summed E-state index contributed by atoms with van der Waals surface area (Å²) in [6.45, 7) is 7.40. The van der Waals surface area contributed by atoms with Crippen LogP contribution in [0.25, 0.3) is 0 Å². The third kappa shape index (κ3) is 20.6. The zero-order valence-electron chi connectivity index (χ0n) is 45.1. The van der Waals surface area contributed by atoms with Crippen molar-refractivity contribution in [1.82, 2.24) is 67.4 Å². The molecule has 29 nitrogen and oxygen atoms in total. The summed E-state index contributed by atoms with van der Waals surface area (Å²) >= 11 is 0. The van der Waals surface area contributed by atoms with Gasteiger partial charge in [0.25, 0.3) is 0 Å². The summed E-state index contributed by atoms with van der Waals surface area (Å²) in [7, 11) is 0. The van der Waals surface area contributed by atoms with Crippen LogP contribution in [-0.2, 0) is 76.8 Å². The van der Waals surface area contributed by atoms with Gasteiger partial charge in [0, 0.05) is 56.0 Å². The van der Waals surface area contributed by atoms with Gasteiger partial charge in [-0.3, -0.25) is 52.7 Å². The topological polar surface area (TPSA) is 454 Å². The van der Waals surface area contributed by atoms with Crippen molar-refractivity contribution in [3.63, 3.8) is 0 Å². The quantitative estimate of drug-likeness (QED) is 0.0289. The van der Waals surface area contributed by atoms with Crippen LogP contribution in [0, 0.1) is 11.8 Å². The number of benzene rings is 1. The minimum Gasteiger partial charge on any atom is -0.481 e. The lowest BCUT2D eigenvalue weighted by Crippen LogP contribution is -2.59. The van der Waals surface area contributed by atoms with Gasteiger partial charge in [-0.05, 0) is 50.0 Å². The Morgan fingerprint density at radius 3 is 1.74 bits per heavy atom. The van der Waals surface area contributed by atoms with Crippen molar-refractivity contribution in [3.05, 3.63) is 72.3 Å². The summed E-state index contributed by atoms with van der Waals surface area (Å²) in [6.07, 6.45) is 4.19. The van der Waals surface area contributed by atoms with E-state index in [1.807, 2.05) is 0 Å². The normalized spacial score (nSPS) is 16.1. The van der Waals surface area contributed by atoms with E-state index in [2.05, 4.69) is 62.5 Å². The molecule has 0 aliphatic carbocycles. The Kier molecular flexibility index (Phi) is 24.7. The van der Waals surface area contributed by atoms with Gasteiger partial charge >= 0.3 is 11.9 Å². The van der Waals surface area contributed by atoms with Gasteiger partial charge < -0.3 is 79.1 Å². The van der Waals surface area contributed by atoms with Gasteiger partial charge in [0.2, 0.25) is 59.1 Å². The van der Waals surface area contributed by atoms with Gasteiger partial charge in [0.15, 0.2) is 0 Å². The van der Waals surface area contributed by atoms with E-state index in [0.29, 0.717) is 23.4 Å². The molecule has 2 aromatic heterocycles. The van der Waals surface area contributed by atoms with Crippen molar-refractivity contribution in [2.45, 2.75) is 147 Å². The highest BCUT2D eigenvalue weighted by Gasteiger charge is 2.40. The van der Waals surface area contributed by atoms with Gasteiger partial charge in [0.05, 0.1) is 31.7 Å². The third-order valence-electron chi connectivity index (χ3n) is 12.8. The van der Waals surface area contributed by atoms with E-state index in [1.54, 1.807) is 58.0 Å². The van der Waals surface area contributed by atoms with Crippen LogP contribution in [0.5, 0.6) is 0 Å². The summed E-state index contributed by atoms with van der Waals surface area (Å²) in [6, 6.07) is -3.56. The second-order valence-corrected chi connectivity index (χ2v) is 20.2. The summed E-state index contributed by atoms with van der Waals surface area (Å²) in [5, 5.41) is 39.4. The molecule has 10 amide bonds. The van der Waals surface area contributed by atoms with Crippen LogP contribution < -0.4 is 54.0 Å². The maximum absolute atomic E-state index is 14.3. The fourth-order valence-electron chi connectivity index (χ4n) is 8.56. The average Bonchev–Trinajstić information content (AvgIpc) is 4.22. The van der Waals surface area contributed by atoms with E-state index in [4.69, 9.17) is 11.5 Å². The van der Waals surface area contributed by atoms with E-state index >= 15 is 0 Å². The van der Waals surface area contributed by atoms with Crippen molar-refractivity contribution < 1.29 is 67.7 Å². The number of likely N-dealkylation sites (tertiary alicyclic amines) is 1. The summed E-state index contributed by atoms with van der Waals surface area (Å²) in [5.74, 6) is -11.7. The van der Waals surface area contributed by atoms with Crippen molar-refractivity contribution in [3.8, 4) is 0 Å². The van der Waals surface area contributed by atoms with Gasteiger partial charge in [-0.25, -0.2) is 14.8 Å². The fraction of sp³-hybridized carbons (Fsp3) is 0.529. The van der Waals surface area contributed by atoms with Gasteiger partial charge in [0.1, 0.15) is 48.3 Å². The lowest BCUT2D eigenvalue weighted by Gasteiger charge is -2.31. The molecule has 3 aromatic rings. The average molecular weight is 1120 g/mol. The highest BCUT2D eigenvalue weighted by Crippen LogP contribution is 2.21. The number of primary amides is 1. The highest BCUT2D eigenvalue weighted by atomic mass is 16.4. The molecule has 80 heavy (non-hydrogen) atoms. The Morgan fingerprint density at radius 2 is 1.23 bits per heavy atom. The van der Waals surface area contributed by atoms with Crippen LogP contribution in [0.15, 0.2) is 55.4 Å². The molecule has 436 valence electrons. The van der Waals surface area contributed by atoms with E-state index < -0.39 is 157 Å². The number of carboxylic acids is 2. The zero-order chi connectivity index (χ0) is 59.2. The minimum absolute atomic E-state index is 0.0974. The van der Waals surface area contributed by atoms with Crippen LogP contribution in [0.3, 0.4) is 0 Å². The van der Waals surface area contributed by atoms with Crippen molar-refractivity contribution >= 4 is 71.0 Å². The summed E-state index contributed by atoms with van der Waals surface area (Å²) in [4.78, 5) is 173. The van der Waals surface area contributed by atoms with E-state index in [1.165, 1.54) is 36.9 Å². The predicted molar refractivity (Wildman–Crippen MR) is 282 cm³/mol. The Balaban J connectivity index is 1.45. The number of nitrogens with two attached hydrogens (primary N) is 2. The molecule has 1 aromatic carbocycles. The second kappa shape index (κ2) is 31.0. The predicted octanol–water partition coefficient (Wildman–Crippen LogP) is -3.46. The molecule has 0 unspecified atom stereocenters. The first-order valence-electron chi connectivity index (χ1n) is 26.0. The van der Waals surface area contributed by atoms with Crippen LogP contribution >= 0.6 is 0 Å². The number of aromatic nitrogens is 4. The maximum Gasteiger partial charge on any atom is 0.326 e. The number of hydrogen-bond acceptors (Lipinski definition) is 15. The lowest BCUT2D eigenvalue weighted by atomic mass is 10.0. The first-order valence-corrected chi connectivity index (χ1v) is 26.0. The number of carbonyl (C=O) groups is 12. The SMILES string of the molecule is CC(C)C[C@H](NC(=O)[C@@H](N)CC(N)=O)C(=O)N1CCC[C@H]1C(=O)N[C@@H](CCC(=O)O)C(=O)N[C@@H](C)C(=O)NCC(=O)N[C@@H](Cc1ccccc1)C(=O)N[C@@H](Cc1cnc[nH]1)C(=O)N[C@@H](Cc1cnc[nH]1)C(=O)N[C@H](C(=O)O)C(C)C. The molecule has 1 aliphatic rings. The molecule has 29 heteroatoms. The first kappa shape index (κ1) is 63.8. The molecule has 1 aliphatic heterocycles. The molecule has 0 saturated carbocycles. The molecule has 9 atom stereocenters. The van der Waals surface area contributed by atoms with Crippen LogP contribution in [-0.4, -0.2) is 174 Å². The Morgan fingerprint density at radius 1 is 0.675 bits per heavy atom. The number of H-pyrrole nitrogens is 2. The number of carboxylic acid groups (broad SMARTS) is 2. The highest BCUT2D eigenvalue weighted by molar-refractivity contribution is 5.98. The Hall–Kier alpha value is -8.76. The van der Waals surface area contributed by atoms with E-state index in [9.17, 15) is 67.7 Å². The van der Waals surface area contributed by atoms with Crippen molar-refractivity contribution in [2.24, 2.45) is 23.3 Å². The Labute approximate surface area is 460 Å². The number of amides is 10. The fourth-order valence-corrected chi connectivity index (χ4v) is 8.56. The molecule has 0 bridgehead atoms. The number of aromatic amines is 2. The molecule has 0 radical (unpaired) electrons. The summed E-state index contributed by atoms with van der Waals surface area (Å²) < 4.78 is 0. The molecular weight excluding hydrogens is 1050 g/mol. The number of nitrogens with zero attached hydrogens (tertiary/aromatic N) is 3. The van der Waals surface area contributed by atoms with Gasteiger partial charge in [-0.2, -0.15) is 0 Å². The van der Waals surface area contributed by atoms with E-state index in [-0.39, 0.29) is 44.6 Å². The minimum atomic E-state index is -1.53. The number of aliphatic carboxylic acids is 2. The molecule has 1 saturated heterocycles. The van der Waals surface area contributed by atoms with Crippen LogP contribution in [0.2, 0.25) is 0 Å². The third-order valence-corrected chi connectivity index (χ3v) is 12.8. The van der Waals surface area contributed by atoms with E-state index in [0.717, 1.165) is 0 Å². The van der Waals surface area contributed by atoms with Crippen molar-refractivity contribution in [2.75, 3.05) is 13.1 Å². The monoisotopic (exact) mass is 1120 g/mol. The van der Waals surface area contributed by atoms with Crippen molar-refractivity contribution in [1.29, 1.82) is 0 Å².